The highest BCUT2D eigenvalue weighted by Gasteiger charge is 2.36. The van der Waals surface area contributed by atoms with Gasteiger partial charge in [-0.15, -0.1) is 0 Å². The van der Waals surface area contributed by atoms with E-state index in [9.17, 15) is 4.79 Å². The minimum Gasteiger partial charge on any atom is -0.379 e. The first-order valence-electron chi connectivity index (χ1n) is 9.70. The number of hydrogen-bond acceptors (Lipinski definition) is 7. The highest BCUT2D eigenvalue weighted by molar-refractivity contribution is 7.71. The molecule has 0 spiro atoms. The van der Waals surface area contributed by atoms with E-state index >= 15 is 0 Å². The summed E-state index contributed by atoms with van der Waals surface area (Å²) in [6.45, 7) is 3.27. The summed E-state index contributed by atoms with van der Waals surface area (Å²) < 4.78 is 7.16. The number of carbonyl (C=O) groups excluding carboxylic acids is 1. The summed E-state index contributed by atoms with van der Waals surface area (Å²) in [5.74, 6) is 0.274. The first kappa shape index (κ1) is 20.0. The number of nitrogens with one attached hydrogen (secondary N) is 1. The number of nitrogens with zero attached hydrogens (tertiary/aromatic N) is 6. The Balaban J connectivity index is 1.58. The van der Waals surface area contributed by atoms with Crippen molar-refractivity contribution in [1.29, 1.82) is 0 Å². The molecule has 4 heterocycles. The number of aromatic amines is 1. The number of morpholine rings is 1. The lowest BCUT2D eigenvalue weighted by molar-refractivity contribution is -0.112. The van der Waals surface area contributed by atoms with E-state index in [4.69, 9.17) is 28.6 Å². The minimum absolute atomic E-state index is 0.215. The number of aromatic nitrogens is 4. The summed E-state index contributed by atoms with van der Waals surface area (Å²) in [5.41, 5.74) is 2.46. The molecule has 1 N–H and O–H groups in total. The third-order valence-electron chi connectivity index (χ3n) is 5.19. The fraction of sp³-hybridized carbons (Fsp3) is 0.250. The molecule has 9 nitrogen and oxygen atoms in total. The number of carbonyl (C=O) groups is 1. The Bertz CT molecular complexity index is 1220. The van der Waals surface area contributed by atoms with E-state index in [1.807, 2.05) is 6.07 Å². The van der Waals surface area contributed by atoms with Gasteiger partial charge in [-0.1, -0.05) is 11.6 Å². The Labute approximate surface area is 187 Å². The molecule has 1 saturated heterocycles. The fourth-order valence-corrected chi connectivity index (χ4v) is 3.98. The van der Waals surface area contributed by atoms with Crippen LogP contribution >= 0.6 is 23.8 Å². The molecule has 0 radical (unpaired) electrons. The zero-order valence-electron chi connectivity index (χ0n) is 16.4. The fourth-order valence-electron chi connectivity index (χ4n) is 3.64. The van der Waals surface area contributed by atoms with Crippen LogP contribution in [0.1, 0.15) is 5.56 Å². The first-order chi connectivity index (χ1) is 15.1. The molecule has 1 fully saturated rings. The van der Waals surface area contributed by atoms with E-state index in [1.54, 1.807) is 41.6 Å². The molecule has 1 amide bonds. The van der Waals surface area contributed by atoms with Crippen molar-refractivity contribution < 1.29 is 9.53 Å². The van der Waals surface area contributed by atoms with Crippen LogP contribution in [0.25, 0.3) is 11.4 Å². The number of H-pyrrole nitrogens is 1. The molecular formula is C20H18ClN7O2S. The molecule has 3 aromatic rings. The van der Waals surface area contributed by atoms with Crippen LogP contribution in [0.5, 0.6) is 0 Å². The Kier molecular flexibility index (Phi) is 5.36. The molecule has 0 atom stereocenters. The van der Waals surface area contributed by atoms with Gasteiger partial charge < -0.3 is 4.74 Å². The van der Waals surface area contributed by atoms with E-state index < -0.39 is 0 Å². The third-order valence-corrected chi connectivity index (χ3v) is 5.69. The molecule has 11 heteroatoms. The van der Waals surface area contributed by atoms with Crippen LogP contribution in [0.3, 0.4) is 0 Å². The second kappa shape index (κ2) is 8.31. The third kappa shape index (κ3) is 3.79. The second-order valence-electron chi connectivity index (χ2n) is 7.12. The molecule has 31 heavy (non-hydrogen) atoms. The van der Waals surface area contributed by atoms with E-state index in [0.29, 0.717) is 36.3 Å². The maximum atomic E-state index is 13.4. The van der Waals surface area contributed by atoms with Crippen LogP contribution in [0.4, 0.5) is 5.69 Å². The number of fused-ring (bicyclic) bond motifs is 1. The number of anilines is 1. The van der Waals surface area contributed by atoms with Crippen molar-refractivity contribution in [2.75, 3.05) is 37.9 Å². The molecule has 0 aliphatic carbocycles. The van der Waals surface area contributed by atoms with E-state index in [0.717, 1.165) is 24.3 Å². The quantitative estimate of drug-likeness (QED) is 0.608. The van der Waals surface area contributed by atoms with Crippen LogP contribution in [0.15, 0.2) is 47.8 Å². The number of hydrogen-bond donors (Lipinski definition) is 1. The number of benzene rings is 1. The van der Waals surface area contributed by atoms with Crippen LogP contribution in [-0.4, -0.2) is 69.3 Å². The number of ether oxygens (including phenoxy) is 1. The maximum absolute atomic E-state index is 13.4. The number of amides is 1. The second-order valence-corrected chi connectivity index (χ2v) is 7.94. The first-order valence-corrected chi connectivity index (χ1v) is 10.5. The monoisotopic (exact) mass is 455 g/mol. The highest BCUT2D eigenvalue weighted by atomic mass is 35.5. The zero-order valence-corrected chi connectivity index (χ0v) is 17.9. The average molecular weight is 456 g/mol. The number of rotatable bonds is 4. The molecule has 2 aromatic heterocycles. The summed E-state index contributed by atoms with van der Waals surface area (Å²) in [6, 6.07) is 8.97. The summed E-state index contributed by atoms with van der Waals surface area (Å²) in [5, 5.41) is 12.2. The number of halogens is 1. The largest absolute Gasteiger partial charge is 0.379 e. The summed E-state index contributed by atoms with van der Waals surface area (Å²) in [7, 11) is 0. The zero-order chi connectivity index (χ0) is 21.4. The lowest BCUT2D eigenvalue weighted by Gasteiger charge is -2.30. The lowest BCUT2D eigenvalue weighted by Crippen LogP contribution is -2.46. The molecule has 5 rings (SSSR count). The molecular weight excluding hydrogens is 438 g/mol. The Morgan fingerprint density at radius 1 is 1.19 bits per heavy atom. The van der Waals surface area contributed by atoms with Crippen LogP contribution < -0.4 is 4.90 Å². The molecule has 2 aliphatic rings. The van der Waals surface area contributed by atoms with Gasteiger partial charge >= 0.3 is 0 Å². The standard InChI is InChI=1S/C20H18ClN7O2S/c21-14-1-2-16-15(11-14)17(19(29)27(16)12-26-7-9-30-10-8-26)25-28-18(23-24-20(28)31)13-3-5-22-6-4-13/h1-6,11H,7-10,12H2,(H,24,31)/b25-17-. The average Bonchev–Trinajstić information content (AvgIpc) is 3.28. The van der Waals surface area contributed by atoms with Gasteiger partial charge in [-0.25, -0.2) is 5.10 Å². The van der Waals surface area contributed by atoms with Gasteiger partial charge in [0.25, 0.3) is 5.91 Å². The van der Waals surface area contributed by atoms with Gasteiger partial charge in [0.15, 0.2) is 11.5 Å². The van der Waals surface area contributed by atoms with Gasteiger partial charge in [0.05, 0.1) is 25.6 Å². The lowest BCUT2D eigenvalue weighted by atomic mass is 10.1. The van der Waals surface area contributed by atoms with Crippen molar-refractivity contribution in [3.8, 4) is 11.4 Å². The Morgan fingerprint density at radius 2 is 1.97 bits per heavy atom. The minimum atomic E-state index is -0.215. The van der Waals surface area contributed by atoms with Gasteiger partial charge in [0.1, 0.15) is 0 Å². The van der Waals surface area contributed by atoms with Gasteiger partial charge in [0, 0.05) is 41.6 Å². The SMILES string of the molecule is O=C1/C(=N\n2c(-c3ccncc3)n[nH]c2=S)c2cc(Cl)ccc2N1CN1CCOCC1. The topological polar surface area (TPSA) is 91.6 Å². The van der Waals surface area contributed by atoms with Crippen molar-refractivity contribution in [2.45, 2.75) is 0 Å². The van der Waals surface area contributed by atoms with E-state index in [2.05, 4.69) is 25.2 Å². The van der Waals surface area contributed by atoms with Crippen molar-refractivity contribution in [1.82, 2.24) is 24.8 Å². The van der Waals surface area contributed by atoms with E-state index in [-0.39, 0.29) is 16.4 Å². The van der Waals surface area contributed by atoms with E-state index in [1.165, 1.54) is 4.68 Å². The molecule has 0 saturated carbocycles. The van der Waals surface area contributed by atoms with Crippen molar-refractivity contribution in [3.05, 3.63) is 58.1 Å². The highest BCUT2D eigenvalue weighted by Crippen LogP contribution is 2.32. The molecule has 0 unspecified atom stereocenters. The summed E-state index contributed by atoms with van der Waals surface area (Å²) >= 11 is 11.6. The normalized spacial score (nSPS) is 18.0. The van der Waals surface area contributed by atoms with Crippen molar-refractivity contribution >= 4 is 41.1 Å². The Hall–Kier alpha value is -2.92. The number of pyridine rings is 1. The van der Waals surface area contributed by atoms with Crippen molar-refractivity contribution in [2.24, 2.45) is 5.10 Å². The molecule has 158 valence electrons. The van der Waals surface area contributed by atoms with Crippen LogP contribution in [-0.2, 0) is 9.53 Å². The van der Waals surface area contributed by atoms with Gasteiger partial charge in [0.2, 0.25) is 4.77 Å². The maximum Gasteiger partial charge on any atom is 0.280 e. The van der Waals surface area contributed by atoms with Crippen LogP contribution in [0.2, 0.25) is 5.02 Å². The molecule has 1 aromatic carbocycles. The van der Waals surface area contributed by atoms with Crippen molar-refractivity contribution in [3.63, 3.8) is 0 Å². The van der Waals surface area contributed by atoms with Gasteiger partial charge in [-0.3, -0.25) is 19.6 Å². The predicted molar refractivity (Wildman–Crippen MR) is 119 cm³/mol. The smallest absolute Gasteiger partial charge is 0.280 e. The molecule has 0 bridgehead atoms. The van der Waals surface area contributed by atoms with Crippen LogP contribution in [0, 0.1) is 4.77 Å². The Morgan fingerprint density at radius 3 is 2.74 bits per heavy atom. The van der Waals surface area contributed by atoms with Gasteiger partial charge in [-0.2, -0.15) is 14.9 Å². The van der Waals surface area contributed by atoms with Gasteiger partial charge in [-0.05, 0) is 42.5 Å². The predicted octanol–water partition coefficient (Wildman–Crippen LogP) is 2.54. The summed E-state index contributed by atoms with van der Waals surface area (Å²) in [4.78, 5) is 21.4. The summed E-state index contributed by atoms with van der Waals surface area (Å²) in [6.07, 6.45) is 3.31. The molecule has 2 aliphatic heterocycles.